The molecule has 1 saturated heterocycles. The van der Waals surface area contributed by atoms with Crippen LogP contribution in [0.3, 0.4) is 0 Å². The first-order valence-corrected chi connectivity index (χ1v) is 7.78. The molecule has 0 aliphatic carbocycles. The minimum atomic E-state index is 0.201. The van der Waals surface area contributed by atoms with Crippen molar-refractivity contribution in [1.82, 2.24) is 4.90 Å². The van der Waals surface area contributed by atoms with E-state index in [1.807, 2.05) is 31.2 Å². The molecule has 0 saturated carbocycles. The van der Waals surface area contributed by atoms with Gasteiger partial charge in [0.25, 0.3) is 5.91 Å². The zero-order valence-corrected chi connectivity index (χ0v) is 12.4. The summed E-state index contributed by atoms with van der Waals surface area (Å²) in [6.07, 6.45) is 4.56. The first kappa shape index (κ1) is 13.6. The normalized spacial score (nSPS) is 19.2. The molecule has 1 aromatic carbocycles. The van der Waals surface area contributed by atoms with Crippen LogP contribution in [0.15, 0.2) is 24.3 Å². The Morgan fingerprint density at radius 1 is 1.39 bits per heavy atom. The molecule has 0 bridgehead atoms. The van der Waals surface area contributed by atoms with Crippen molar-refractivity contribution in [3.63, 3.8) is 0 Å². The maximum Gasteiger partial charge on any atom is 0.254 e. The van der Waals surface area contributed by atoms with Crippen LogP contribution < -0.4 is 0 Å². The highest BCUT2D eigenvalue weighted by Crippen LogP contribution is 2.24. The lowest BCUT2D eigenvalue weighted by molar-refractivity contribution is 0.0730. The van der Waals surface area contributed by atoms with Gasteiger partial charge in [-0.25, -0.2) is 0 Å². The van der Waals surface area contributed by atoms with Crippen molar-refractivity contribution in [3.8, 4) is 0 Å². The molecule has 3 heteroatoms. The van der Waals surface area contributed by atoms with Gasteiger partial charge in [0.2, 0.25) is 0 Å². The Morgan fingerprint density at radius 3 is 2.78 bits per heavy atom. The van der Waals surface area contributed by atoms with Gasteiger partial charge in [-0.2, -0.15) is 0 Å². The fourth-order valence-corrected chi connectivity index (χ4v) is 2.90. The van der Waals surface area contributed by atoms with E-state index < -0.39 is 0 Å². The van der Waals surface area contributed by atoms with Crippen molar-refractivity contribution in [3.05, 3.63) is 35.4 Å². The van der Waals surface area contributed by atoms with E-state index in [4.69, 9.17) is 0 Å². The number of rotatable bonds is 4. The summed E-state index contributed by atoms with van der Waals surface area (Å²) in [5, 5.41) is 1.02. The number of likely N-dealkylation sites (tertiary alicyclic amines) is 1. The lowest BCUT2D eigenvalue weighted by Gasteiger charge is -2.24. The van der Waals surface area contributed by atoms with Crippen LogP contribution in [0.25, 0.3) is 0 Å². The zero-order valence-electron chi connectivity index (χ0n) is 10.9. The van der Waals surface area contributed by atoms with Crippen molar-refractivity contribution in [2.24, 2.45) is 0 Å². The molecular formula is C15H20BrNO. The first-order chi connectivity index (χ1) is 8.72. The van der Waals surface area contributed by atoms with Gasteiger partial charge in [0.15, 0.2) is 0 Å². The van der Waals surface area contributed by atoms with Gasteiger partial charge in [0.05, 0.1) is 0 Å². The molecule has 98 valence electrons. The lowest BCUT2D eigenvalue weighted by Crippen LogP contribution is -2.35. The summed E-state index contributed by atoms with van der Waals surface area (Å²) in [4.78, 5) is 14.5. The molecule has 0 radical (unpaired) electrons. The Labute approximate surface area is 117 Å². The van der Waals surface area contributed by atoms with E-state index in [2.05, 4.69) is 20.8 Å². The summed E-state index contributed by atoms with van der Waals surface area (Å²) in [5.41, 5.74) is 2.02. The molecule has 1 atom stereocenters. The second-order valence-corrected chi connectivity index (χ2v) is 5.78. The summed E-state index contributed by atoms with van der Waals surface area (Å²) < 4.78 is 0. The van der Waals surface area contributed by atoms with Gasteiger partial charge in [0.1, 0.15) is 0 Å². The van der Waals surface area contributed by atoms with Crippen molar-refractivity contribution >= 4 is 21.8 Å². The smallest absolute Gasteiger partial charge is 0.254 e. The predicted octanol–water partition coefficient (Wildman–Crippen LogP) is 3.77. The predicted molar refractivity (Wildman–Crippen MR) is 78.3 cm³/mol. The number of hydrogen-bond donors (Lipinski definition) is 0. The number of carbonyl (C=O) groups is 1. The quantitative estimate of drug-likeness (QED) is 0.775. The van der Waals surface area contributed by atoms with Crippen LogP contribution >= 0.6 is 15.9 Å². The van der Waals surface area contributed by atoms with Crippen molar-refractivity contribution in [2.45, 2.75) is 38.6 Å². The Balaban J connectivity index is 2.05. The SMILES string of the molecule is Cc1ccc(C(=O)N2CCCC2CCCBr)cc1. The number of aryl methyl sites for hydroxylation is 1. The van der Waals surface area contributed by atoms with Gasteiger partial charge in [-0.3, -0.25) is 4.79 Å². The molecule has 1 aliphatic rings. The molecule has 1 aromatic rings. The van der Waals surface area contributed by atoms with Crippen molar-refractivity contribution in [2.75, 3.05) is 11.9 Å². The number of carbonyl (C=O) groups excluding carboxylic acids is 1. The molecule has 2 nitrogen and oxygen atoms in total. The number of amides is 1. The van der Waals surface area contributed by atoms with E-state index >= 15 is 0 Å². The molecule has 0 aromatic heterocycles. The monoisotopic (exact) mass is 309 g/mol. The van der Waals surface area contributed by atoms with Crippen LogP contribution in [-0.4, -0.2) is 28.7 Å². The van der Waals surface area contributed by atoms with E-state index in [1.165, 1.54) is 5.56 Å². The maximum absolute atomic E-state index is 12.4. The Hall–Kier alpha value is -0.830. The lowest BCUT2D eigenvalue weighted by atomic mass is 10.1. The fraction of sp³-hybridized carbons (Fsp3) is 0.533. The van der Waals surface area contributed by atoms with Crippen LogP contribution in [0.2, 0.25) is 0 Å². The van der Waals surface area contributed by atoms with Crippen molar-refractivity contribution in [1.29, 1.82) is 0 Å². The number of benzene rings is 1. The van der Waals surface area contributed by atoms with E-state index in [-0.39, 0.29) is 5.91 Å². The third-order valence-electron chi connectivity index (χ3n) is 3.61. The van der Waals surface area contributed by atoms with Crippen LogP contribution in [0.4, 0.5) is 0 Å². The van der Waals surface area contributed by atoms with Gasteiger partial charge < -0.3 is 4.90 Å². The minimum absolute atomic E-state index is 0.201. The maximum atomic E-state index is 12.4. The summed E-state index contributed by atoms with van der Waals surface area (Å²) in [5.74, 6) is 0.201. The molecule has 2 rings (SSSR count). The zero-order chi connectivity index (χ0) is 13.0. The summed E-state index contributed by atoms with van der Waals surface area (Å²) >= 11 is 3.46. The highest BCUT2D eigenvalue weighted by atomic mass is 79.9. The Bertz CT molecular complexity index is 401. The molecule has 0 spiro atoms. The largest absolute Gasteiger partial charge is 0.336 e. The van der Waals surface area contributed by atoms with Gasteiger partial charge in [0, 0.05) is 23.5 Å². The Morgan fingerprint density at radius 2 is 2.11 bits per heavy atom. The topological polar surface area (TPSA) is 20.3 Å². The van der Waals surface area contributed by atoms with E-state index in [0.29, 0.717) is 6.04 Å². The molecule has 1 fully saturated rings. The molecular weight excluding hydrogens is 290 g/mol. The first-order valence-electron chi connectivity index (χ1n) is 6.66. The fourth-order valence-electron chi connectivity index (χ4n) is 2.58. The highest BCUT2D eigenvalue weighted by molar-refractivity contribution is 9.09. The molecule has 1 unspecified atom stereocenters. The molecule has 1 aliphatic heterocycles. The second-order valence-electron chi connectivity index (χ2n) is 4.99. The summed E-state index contributed by atoms with van der Waals surface area (Å²) in [6.45, 7) is 2.96. The second kappa shape index (κ2) is 6.37. The summed E-state index contributed by atoms with van der Waals surface area (Å²) in [6, 6.07) is 8.35. The van der Waals surface area contributed by atoms with Crippen LogP contribution in [0, 0.1) is 6.92 Å². The van der Waals surface area contributed by atoms with E-state index in [9.17, 15) is 4.79 Å². The molecule has 18 heavy (non-hydrogen) atoms. The van der Waals surface area contributed by atoms with Gasteiger partial charge >= 0.3 is 0 Å². The van der Waals surface area contributed by atoms with E-state index in [1.54, 1.807) is 0 Å². The van der Waals surface area contributed by atoms with Crippen LogP contribution in [-0.2, 0) is 0 Å². The van der Waals surface area contributed by atoms with Gasteiger partial charge in [-0.1, -0.05) is 33.6 Å². The van der Waals surface area contributed by atoms with Gasteiger partial charge in [-0.15, -0.1) is 0 Å². The number of alkyl halides is 1. The number of halogens is 1. The van der Waals surface area contributed by atoms with E-state index in [0.717, 1.165) is 43.1 Å². The Kier molecular flexibility index (Phi) is 4.81. The number of hydrogen-bond acceptors (Lipinski definition) is 1. The summed E-state index contributed by atoms with van der Waals surface area (Å²) in [7, 11) is 0. The molecule has 1 amide bonds. The van der Waals surface area contributed by atoms with Gasteiger partial charge in [-0.05, 0) is 44.7 Å². The molecule has 1 heterocycles. The van der Waals surface area contributed by atoms with Crippen LogP contribution in [0.5, 0.6) is 0 Å². The average molecular weight is 310 g/mol. The third-order valence-corrected chi connectivity index (χ3v) is 4.17. The van der Waals surface area contributed by atoms with Crippen LogP contribution in [0.1, 0.15) is 41.6 Å². The average Bonchev–Trinajstić information content (AvgIpc) is 2.84. The third kappa shape index (κ3) is 3.14. The van der Waals surface area contributed by atoms with Crippen molar-refractivity contribution < 1.29 is 4.79 Å². The number of nitrogens with zero attached hydrogens (tertiary/aromatic N) is 1. The standard InChI is InChI=1S/C15H20BrNO/c1-12-6-8-13(9-7-12)15(18)17-11-3-5-14(17)4-2-10-16/h6-9,14H,2-5,10-11H2,1H3. The molecule has 0 N–H and O–H groups in total. The minimum Gasteiger partial charge on any atom is -0.336 e. The highest BCUT2D eigenvalue weighted by Gasteiger charge is 2.28.